The van der Waals surface area contributed by atoms with E-state index in [0.29, 0.717) is 0 Å². The number of benzene rings is 1. The molecule has 2 aromatic rings. The van der Waals surface area contributed by atoms with Crippen molar-refractivity contribution in [2.45, 2.75) is 25.9 Å². The number of halogens is 1. The van der Waals surface area contributed by atoms with Crippen LogP contribution < -0.4 is 5.32 Å². The lowest BCUT2D eigenvalue weighted by molar-refractivity contribution is 0.0816. The molecule has 0 radical (unpaired) electrons. The van der Waals surface area contributed by atoms with Gasteiger partial charge in [-0.05, 0) is 19.9 Å². The molecule has 112 valence electrons. The minimum atomic E-state index is 0.173. The maximum atomic E-state index is 6.25. The van der Waals surface area contributed by atoms with E-state index in [4.69, 9.17) is 16.6 Å². The number of aromatic nitrogens is 1. The van der Waals surface area contributed by atoms with Crippen LogP contribution in [0.15, 0.2) is 29.6 Å². The smallest absolute Gasteiger partial charge is 0.125 e. The summed E-state index contributed by atoms with van der Waals surface area (Å²) in [5, 5.41) is 7.37. The second-order valence-electron chi connectivity index (χ2n) is 6.03. The fraction of sp³-hybridized carbons (Fsp3) is 0.438. The third kappa shape index (κ3) is 3.29. The van der Waals surface area contributed by atoms with E-state index in [0.717, 1.165) is 47.5 Å². The summed E-state index contributed by atoms with van der Waals surface area (Å²) in [5.41, 5.74) is 2.33. The number of nitrogens with zero attached hydrogens (tertiary/aromatic N) is 2. The third-order valence-electron chi connectivity index (χ3n) is 3.98. The zero-order valence-electron chi connectivity index (χ0n) is 12.4. The summed E-state index contributed by atoms with van der Waals surface area (Å²) < 4.78 is 0. The van der Waals surface area contributed by atoms with Crippen molar-refractivity contribution in [1.82, 2.24) is 15.2 Å². The normalized spacial score (nSPS) is 18.8. The molecule has 1 aromatic carbocycles. The monoisotopic (exact) mass is 321 g/mol. The first kappa shape index (κ1) is 15.0. The van der Waals surface area contributed by atoms with Crippen molar-refractivity contribution in [3.05, 3.63) is 40.4 Å². The summed E-state index contributed by atoms with van der Waals surface area (Å²) in [6, 6.07) is 7.89. The Bertz CT molecular complexity index is 623. The minimum absolute atomic E-state index is 0.173. The fourth-order valence-electron chi connectivity index (χ4n) is 2.65. The summed E-state index contributed by atoms with van der Waals surface area (Å²) in [6.07, 6.45) is 0. The molecular weight excluding hydrogens is 302 g/mol. The highest BCUT2D eigenvalue weighted by Crippen LogP contribution is 2.31. The second kappa shape index (κ2) is 6.05. The largest absolute Gasteiger partial charge is 0.314 e. The molecule has 1 saturated heterocycles. The van der Waals surface area contributed by atoms with Gasteiger partial charge in [0, 0.05) is 42.7 Å². The number of hydrogen-bond donors (Lipinski definition) is 1. The molecular formula is C16H20ClN3S. The average molecular weight is 322 g/mol. The summed E-state index contributed by atoms with van der Waals surface area (Å²) in [6.45, 7) is 8.59. The van der Waals surface area contributed by atoms with E-state index in [1.54, 1.807) is 11.3 Å². The van der Waals surface area contributed by atoms with Crippen molar-refractivity contribution in [3.63, 3.8) is 0 Å². The zero-order valence-corrected chi connectivity index (χ0v) is 14.0. The van der Waals surface area contributed by atoms with Crippen molar-refractivity contribution in [3.8, 4) is 10.6 Å². The Morgan fingerprint density at radius 1 is 1.38 bits per heavy atom. The van der Waals surface area contributed by atoms with Crippen LogP contribution in [0.2, 0.25) is 5.02 Å². The minimum Gasteiger partial charge on any atom is -0.314 e. The highest BCUT2D eigenvalue weighted by molar-refractivity contribution is 7.13. The molecule has 1 aromatic heterocycles. The fourth-order valence-corrected chi connectivity index (χ4v) is 3.78. The van der Waals surface area contributed by atoms with Crippen LogP contribution in [0.25, 0.3) is 10.6 Å². The lowest BCUT2D eigenvalue weighted by Crippen LogP contribution is -2.57. The summed E-state index contributed by atoms with van der Waals surface area (Å²) >= 11 is 7.92. The van der Waals surface area contributed by atoms with Crippen LogP contribution in [0, 0.1) is 0 Å². The topological polar surface area (TPSA) is 28.2 Å². The van der Waals surface area contributed by atoms with Gasteiger partial charge in [-0.15, -0.1) is 11.3 Å². The predicted molar refractivity (Wildman–Crippen MR) is 89.9 cm³/mol. The first-order valence-corrected chi connectivity index (χ1v) is 8.47. The van der Waals surface area contributed by atoms with Crippen molar-refractivity contribution < 1.29 is 0 Å². The molecule has 2 heterocycles. The standard InChI is InChI=1S/C16H20ClN3S/c1-16(2)11-18-7-8-20(16)9-12-10-21-15(19-12)13-5-3-4-6-14(13)17/h3-6,10,18H,7-9,11H2,1-2H3. The van der Waals surface area contributed by atoms with Crippen LogP contribution >= 0.6 is 22.9 Å². The third-order valence-corrected chi connectivity index (χ3v) is 5.24. The molecule has 1 N–H and O–H groups in total. The van der Waals surface area contributed by atoms with Gasteiger partial charge in [0.05, 0.1) is 10.7 Å². The van der Waals surface area contributed by atoms with Gasteiger partial charge in [-0.25, -0.2) is 4.98 Å². The van der Waals surface area contributed by atoms with E-state index < -0.39 is 0 Å². The van der Waals surface area contributed by atoms with Crippen LogP contribution in [0.1, 0.15) is 19.5 Å². The summed E-state index contributed by atoms with van der Waals surface area (Å²) in [7, 11) is 0. The summed E-state index contributed by atoms with van der Waals surface area (Å²) in [5.74, 6) is 0. The van der Waals surface area contributed by atoms with E-state index in [1.165, 1.54) is 0 Å². The van der Waals surface area contributed by atoms with Crippen LogP contribution in [-0.4, -0.2) is 35.1 Å². The number of piperazine rings is 1. The molecule has 1 aliphatic rings. The molecule has 0 saturated carbocycles. The molecule has 5 heteroatoms. The SMILES string of the molecule is CC1(C)CNCCN1Cc1csc(-c2ccccc2Cl)n1. The van der Waals surface area contributed by atoms with E-state index in [1.807, 2.05) is 24.3 Å². The van der Waals surface area contributed by atoms with Crippen LogP contribution in [-0.2, 0) is 6.54 Å². The van der Waals surface area contributed by atoms with Crippen molar-refractivity contribution in [2.75, 3.05) is 19.6 Å². The Labute approximate surface area is 135 Å². The lowest BCUT2D eigenvalue weighted by Gasteiger charge is -2.42. The van der Waals surface area contributed by atoms with Crippen LogP contribution in [0.5, 0.6) is 0 Å². The predicted octanol–water partition coefficient (Wildman–Crippen LogP) is 3.65. The first-order valence-electron chi connectivity index (χ1n) is 7.21. The van der Waals surface area contributed by atoms with Gasteiger partial charge in [-0.1, -0.05) is 29.8 Å². The Kier molecular flexibility index (Phi) is 4.31. The van der Waals surface area contributed by atoms with Gasteiger partial charge in [0.1, 0.15) is 5.01 Å². The number of thiazole rings is 1. The van der Waals surface area contributed by atoms with E-state index in [-0.39, 0.29) is 5.54 Å². The molecule has 0 amide bonds. The Morgan fingerprint density at radius 3 is 2.95 bits per heavy atom. The molecule has 0 bridgehead atoms. The quantitative estimate of drug-likeness (QED) is 0.935. The van der Waals surface area contributed by atoms with Gasteiger partial charge < -0.3 is 5.32 Å². The maximum absolute atomic E-state index is 6.25. The van der Waals surface area contributed by atoms with Gasteiger partial charge in [-0.3, -0.25) is 4.90 Å². The molecule has 1 fully saturated rings. The van der Waals surface area contributed by atoms with Crippen molar-refractivity contribution >= 4 is 22.9 Å². The van der Waals surface area contributed by atoms with Gasteiger partial charge in [-0.2, -0.15) is 0 Å². The second-order valence-corrected chi connectivity index (χ2v) is 7.30. The Morgan fingerprint density at radius 2 is 2.19 bits per heavy atom. The Hall–Kier alpha value is -0.940. The first-order chi connectivity index (χ1) is 10.1. The zero-order chi connectivity index (χ0) is 14.9. The molecule has 3 nitrogen and oxygen atoms in total. The van der Waals surface area contributed by atoms with Gasteiger partial charge in [0.25, 0.3) is 0 Å². The molecule has 0 spiro atoms. The summed E-state index contributed by atoms with van der Waals surface area (Å²) in [4.78, 5) is 7.27. The van der Waals surface area contributed by atoms with Crippen molar-refractivity contribution in [2.24, 2.45) is 0 Å². The Balaban J connectivity index is 1.78. The molecule has 21 heavy (non-hydrogen) atoms. The molecule has 0 atom stereocenters. The lowest BCUT2D eigenvalue weighted by atomic mass is 10.00. The molecule has 0 aliphatic carbocycles. The highest BCUT2D eigenvalue weighted by atomic mass is 35.5. The van der Waals surface area contributed by atoms with Gasteiger partial charge in [0.2, 0.25) is 0 Å². The van der Waals surface area contributed by atoms with E-state index >= 15 is 0 Å². The van der Waals surface area contributed by atoms with Gasteiger partial charge >= 0.3 is 0 Å². The number of rotatable bonds is 3. The van der Waals surface area contributed by atoms with E-state index in [2.05, 4.69) is 29.4 Å². The van der Waals surface area contributed by atoms with Crippen LogP contribution in [0.4, 0.5) is 0 Å². The average Bonchev–Trinajstić information content (AvgIpc) is 2.90. The van der Waals surface area contributed by atoms with Crippen LogP contribution in [0.3, 0.4) is 0 Å². The van der Waals surface area contributed by atoms with Crippen molar-refractivity contribution in [1.29, 1.82) is 0 Å². The van der Waals surface area contributed by atoms with Gasteiger partial charge in [0.15, 0.2) is 0 Å². The molecule has 0 unspecified atom stereocenters. The molecule has 1 aliphatic heterocycles. The number of nitrogens with one attached hydrogen (secondary N) is 1. The molecule has 3 rings (SSSR count). The highest BCUT2D eigenvalue weighted by Gasteiger charge is 2.29. The van der Waals surface area contributed by atoms with E-state index in [9.17, 15) is 0 Å². The number of hydrogen-bond acceptors (Lipinski definition) is 4. The maximum Gasteiger partial charge on any atom is 0.125 e.